The molecule has 1 amide bonds. The van der Waals surface area contributed by atoms with Gasteiger partial charge in [0.15, 0.2) is 5.58 Å². The maximum atomic E-state index is 12.5. The van der Waals surface area contributed by atoms with Crippen molar-refractivity contribution in [3.8, 4) is 11.5 Å². The van der Waals surface area contributed by atoms with Crippen LogP contribution in [0.1, 0.15) is 10.4 Å². The van der Waals surface area contributed by atoms with Crippen molar-refractivity contribution in [3.63, 3.8) is 0 Å². The number of nitro groups is 1. The Morgan fingerprint density at radius 3 is 2.60 bits per heavy atom. The fraction of sp³-hybridized carbons (Fsp3) is 0. The molecule has 0 atom stereocenters. The van der Waals surface area contributed by atoms with E-state index in [4.69, 9.17) is 27.6 Å². The Bertz CT molecular complexity index is 1320. The molecule has 0 unspecified atom stereocenters. The first-order valence-electron chi connectivity index (χ1n) is 8.43. The lowest BCUT2D eigenvalue weighted by molar-refractivity contribution is -0.384. The SMILES string of the molecule is O=C(Nc1ccc2oc(-c3cc(Br)ccc3Cl)nc2c1)c1ccc(Cl)c([N+](=O)[O-])c1. The van der Waals surface area contributed by atoms with Crippen LogP contribution in [0.3, 0.4) is 0 Å². The number of oxazole rings is 1. The number of rotatable bonds is 4. The van der Waals surface area contributed by atoms with Gasteiger partial charge >= 0.3 is 0 Å². The van der Waals surface area contributed by atoms with E-state index in [1.807, 2.05) is 6.07 Å². The van der Waals surface area contributed by atoms with Crippen LogP contribution in [0, 0.1) is 10.1 Å². The minimum Gasteiger partial charge on any atom is -0.436 e. The van der Waals surface area contributed by atoms with Crippen LogP contribution in [-0.2, 0) is 0 Å². The number of nitrogens with zero attached hydrogens (tertiary/aromatic N) is 2. The molecule has 0 bridgehead atoms. The predicted molar refractivity (Wildman–Crippen MR) is 118 cm³/mol. The highest BCUT2D eigenvalue weighted by atomic mass is 79.9. The standard InChI is InChI=1S/C20H10BrCl2N3O4/c21-11-2-5-14(22)13(8-11)20-25-16-9-12(3-6-18(16)30-20)24-19(27)10-1-4-15(23)17(7-10)26(28)29/h1-9H,(H,24,27). The van der Waals surface area contributed by atoms with E-state index < -0.39 is 10.8 Å². The van der Waals surface area contributed by atoms with Crippen molar-refractivity contribution in [1.82, 2.24) is 4.98 Å². The minimum absolute atomic E-state index is 0.0423. The predicted octanol–water partition coefficient (Wildman–Crippen LogP) is 6.72. The molecule has 4 rings (SSSR count). The molecule has 0 spiro atoms. The summed E-state index contributed by atoms with van der Waals surface area (Å²) in [6, 6.07) is 14.1. The van der Waals surface area contributed by atoms with Crippen molar-refractivity contribution in [2.75, 3.05) is 5.32 Å². The largest absolute Gasteiger partial charge is 0.436 e. The summed E-state index contributed by atoms with van der Waals surface area (Å²) in [5.74, 6) is -0.180. The van der Waals surface area contributed by atoms with Gasteiger partial charge in [-0.3, -0.25) is 14.9 Å². The maximum Gasteiger partial charge on any atom is 0.288 e. The number of carbonyl (C=O) groups excluding carboxylic acids is 1. The highest BCUT2D eigenvalue weighted by Gasteiger charge is 2.17. The van der Waals surface area contributed by atoms with Gasteiger partial charge in [0.25, 0.3) is 11.6 Å². The number of amides is 1. The molecule has 0 saturated heterocycles. The Morgan fingerprint density at radius 2 is 1.83 bits per heavy atom. The molecule has 0 radical (unpaired) electrons. The molecular formula is C20H10BrCl2N3O4. The lowest BCUT2D eigenvalue weighted by Crippen LogP contribution is -2.12. The third kappa shape index (κ3) is 4.02. The molecular weight excluding hydrogens is 497 g/mol. The minimum atomic E-state index is -0.644. The summed E-state index contributed by atoms with van der Waals surface area (Å²) in [5, 5.41) is 14.2. The van der Waals surface area contributed by atoms with E-state index in [1.165, 1.54) is 12.1 Å². The molecule has 0 fully saturated rings. The summed E-state index contributed by atoms with van der Waals surface area (Å²) in [5.41, 5.74) is 1.87. The summed E-state index contributed by atoms with van der Waals surface area (Å²) in [6.07, 6.45) is 0. The smallest absolute Gasteiger partial charge is 0.288 e. The number of halogens is 3. The van der Waals surface area contributed by atoms with Crippen LogP contribution in [0.4, 0.5) is 11.4 Å². The molecule has 0 aliphatic heterocycles. The second kappa shape index (κ2) is 8.06. The van der Waals surface area contributed by atoms with E-state index in [2.05, 4.69) is 26.2 Å². The van der Waals surface area contributed by atoms with Crippen molar-refractivity contribution in [2.24, 2.45) is 0 Å². The van der Waals surface area contributed by atoms with E-state index in [0.29, 0.717) is 33.3 Å². The summed E-state index contributed by atoms with van der Waals surface area (Å²) in [7, 11) is 0. The zero-order valence-corrected chi connectivity index (χ0v) is 18.0. The average Bonchev–Trinajstić information content (AvgIpc) is 3.13. The summed E-state index contributed by atoms with van der Waals surface area (Å²) in [6.45, 7) is 0. The number of hydrogen-bond acceptors (Lipinski definition) is 5. The van der Waals surface area contributed by atoms with E-state index in [9.17, 15) is 14.9 Å². The molecule has 1 heterocycles. The molecule has 0 aliphatic carbocycles. The molecule has 3 aromatic carbocycles. The Labute approximate surface area is 187 Å². The third-order valence-corrected chi connectivity index (χ3v) is 5.35. The van der Waals surface area contributed by atoms with Gasteiger partial charge in [0.2, 0.25) is 5.89 Å². The van der Waals surface area contributed by atoms with E-state index in [0.717, 1.165) is 10.5 Å². The Kier molecular flexibility index (Phi) is 5.46. The fourth-order valence-electron chi connectivity index (χ4n) is 2.78. The molecule has 0 aliphatic rings. The topological polar surface area (TPSA) is 98.3 Å². The maximum absolute atomic E-state index is 12.5. The summed E-state index contributed by atoms with van der Waals surface area (Å²) >= 11 is 15.4. The molecule has 1 aromatic heterocycles. The zero-order chi connectivity index (χ0) is 21.4. The number of hydrogen-bond donors (Lipinski definition) is 1. The van der Waals surface area contributed by atoms with Gasteiger partial charge in [0.05, 0.1) is 15.5 Å². The molecule has 4 aromatic rings. The van der Waals surface area contributed by atoms with Gasteiger partial charge in [-0.15, -0.1) is 0 Å². The molecule has 1 N–H and O–H groups in total. The zero-order valence-electron chi connectivity index (χ0n) is 14.9. The number of carbonyl (C=O) groups is 1. The van der Waals surface area contributed by atoms with Crippen LogP contribution < -0.4 is 5.32 Å². The highest BCUT2D eigenvalue weighted by Crippen LogP contribution is 2.33. The number of aromatic nitrogens is 1. The van der Waals surface area contributed by atoms with Crippen LogP contribution in [0.2, 0.25) is 10.0 Å². The second-order valence-corrected chi connectivity index (χ2v) is 7.93. The molecule has 0 saturated carbocycles. The van der Waals surface area contributed by atoms with Crippen molar-refractivity contribution < 1.29 is 14.1 Å². The molecule has 30 heavy (non-hydrogen) atoms. The van der Waals surface area contributed by atoms with Gasteiger partial charge in [-0.05, 0) is 48.5 Å². The number of anilines is 1. The second-order valence-electron chi connectivity index (χ2n) is 6.20. The van der Waals surface area contributed by atoms with Crippen molar-refractivity contribution in [1.29, 1.82) is 0 Å². The highest BCUT2D eigenvalue weighted by molar-refractivity contribution is 9.10. The summed E-state index contributed by atoms with van der Waals surface area (Å²) < 4.78 is 6.60. The van der Waals surface area contributed by atoms with Crippen molar-refractivity contribution in [3.05, 3.63) is 84.8 Å². The van der Waals surface area contributed by atoms with Crippen LogP contribution in [0.25, 0.3) is 22.6 Å². The normalized spacial score (nSPS) is 10.9. The Balaban J connectivity index is 1.63. The lowest BCUT2D eigenvalue weighted by atomic mass is 10.2. The van der Waals surface area contributed by atoms with E-state index in [1.54, 1.807) is 30.3 Å². The van der Waals surface area contributed by atoms with Crippen LogP contribution in [0.5, 0.6) is 0 Å². The van der Waals surface area contributed by atoms with Crippen molar-refractivity contribution in [2.45, 2.75) is 0 Å². The van der Waals surface area contributed by atoms with Gasteiger partial charge < -0.3 is 9.73 Å². The van der Waals surface area contributed by atoms with E-state index in [-0.39, 0.29) is 16.3 Å². The van der Waals surface area contributed by atoms with Crippen LogP contribution in [-0.4, -0.2) is 15.8 Å². The van der Waals surface area contributed by atoms with Gasteiger partial charge in [0, 0.05) is 21.8 Å². The van der Waals surface area contributed by atoms with Crippen LogP contribution in [0.15, 0.2) is 63.5 Å². The van der Waals surface area contributed by atoms with Gasteiger partial charge in [-0.25, -0.2) is 4.98 Å². The van der Waals surface area contributed by atoms with Crippen molar-refractivity contribution >= 4 is 67.5 Å². The first-order valence-corrected chi connectivity index (χ1v) is 9.98. The van der Waals surface area contributed by atoms with Gasteiger partial charge in [0.1, 0.15) is 10.5 Å². The molecule has 10 heteroatoms. The quantitative estimate of drug-likeness (QED) is 0.244. The number of fused-ring (bicyclic) bond motifs is 1. The van der Waals surface area contributed by atoms with E-state index >= 15 is 0 Å². The molecule has 150 valence electrons. The average molecular weight is 507 g/mol. The van der Waals surface area contributed by atoms with Gasteiger partial charge in [-0.1, -0.05) is 39.1 Å². The Morgan fingerprint density at radius 1 is 1.07 bits per heavy atom. The third-order valence-electron chi connectivity index (χ3n) is 4.21. The lowest BCUT2D eigenvalue weighted by Gasteiger charge is -2.05. The number of benzene rings is 3. The molecule has 7 nitrogen and oxygen atoms in total. The Hall–Kier alpha value is -2.94. The number of nitrogens with one attached hydrogen (secondary N) is 1. The summed E-state index contributed by atoms with van der Waals surface area (Å²) in [4.78, 5) is 27.3. The first-order chi connectivity index (χ1) is 14.3. The van der Waals surface area contributed by atoms with Gasteiger partial charge in [-0.2, -0.15) is 0 Å². The van der Waals surface area contributed by atoms with Crippen LogP contribution >= 0.6 is 39.1 Å². The fourth-order valence-corrected chi connectivity index (χ4v) is 3.52. The first kappa shape index (κ1) is 20.3. The number of nitro benzene ring substituents is 1. The monoisotopic (exact) mass is 505 g/mol.